The van der Waals surface area contributed by atoms with Gasteiger partial charge in [0.25, 0.3) is 0 Å². The van der Waals surface area contributed by atoms with Gasteiger partial charge in [-0.2, -0.15) is 0 Å². The van der Waals surface area contributed by atoms with Crippen molar-refractivity contribution < 1.29 is 5.11 Å². The summed E-state index contributed by atoms with van der Waals surface area (Å²) in [6.45, 7) is 8.70. The van der Waals surface area contributed by atoms with E-state index in [4.69, 9.17) is 0 Å². The van der Waals surface area contributed by atoms with Gasteiger partial charge in [-0.1, -0.05) is 19.1 Å². The Morgan fingerprint density at radius 1 is 1.41 bits per heavy atom. The zero-order chi connectivity index (χ0) is 15.7. The van der Waals surface area contributed by atoms with Gasteiger partial charge in [0, 0.05) is 32.6 Å². The molecule has 0 amide bonds. The highest BCUT2D eigenvalue weighted by Crippen LogP contribution is 2.38. The van der Waals surface area contributed by atoms with Crippen molar-refractivity contribution in [1.82, 2.24) is 24.8 Å². The monoisotopic (exact) mass is 307 g/mol. The van der Waals surface area contributed by atoms with E-state index in [1.165, 1.54) is 18.5 Å². The van der Waals surface area contributed by atoms with Crippen molar-refractivity contribution in [2.75, 3.05) is 33.2 Å². The number of hydrogen-bond acceptors (Lipinski definition) is 5. The number of rotatable bonds is 6. The fourth-order valence-corrected chi connectivity index (χ4v) is 3.61. The quantitative estimate of drug-likeness (QED) is 0.847. The van der Waals surface area contributed by atoms with Crippen LogP contribution < -0.4 is 0 Å². The predicted octanol–water partition coefficient (Wildman–Crippen LogP) is 0.920. The maximum atomic E-state index is 10.3. The van der Waals surface area contributed by atoms with Gasteiger partial charge in [-0.05, 0) is 32.4 Å². The molecule has 0 saturated heterocycles. The Balaban J connectivity index is 1.59. The molecule has 1 fully saturated rings. The normalized spacial score (nSPS) is 26.8. The summed E-state index contributed by atoms with van der Waals surface area (Å²) < 4.78 is 2.16. The third kappa shape index (κ3) is 3.34. The minimum absolute atomic E-state index is 0.292. The molecule has 1 aliphatic heterocycles. The molecule has 0 spiro atoms. The Morgan fingerprint density at radius 2 is 2.18 bits per heavy atom. The van der Waals surface area contributed by atoms with Gasteiger partial charge in [0.2, 0.25) is 0 Å². The van der Waals surface area contributed by atoms with Gasteiger partial charge in [-0.15, -0.1) is 5.10 Å². The molecule has 1 saturated carbocycles. The lowest BCUT2D eigenvalue weighted by Gasteiger charge is -2.35. The maximum Gasteiger partial charge on any atom is 0.0885 e. The molecule has 1 aliphatic carbocycles. The van der Waals surface area contributed by atoms with Gasteiger partial charge < -0.3 is 10.0 Å². The molecule has 1 unspecified atom stereocenters. The molecule has 3 rings (SSSR count). The van der Waals surface area contributed by atoms with E-state index in [-0.39, 0.29) is 6.10 Å². The summed E-state index contributed by atoms with van der Waals surface area (Å²) in [5.41, 5.74) is 2.44. The minimum Gasteiger partial charge on any atom is -0.390 e. The van der Waals surface area contributed by atoms with E-state index >= 15 is 0 Å². The molecule has 1 N–H and O–H groups in total. The number of aromatic nitrogens is 3. The molecule has 2 aliphatic rings. The highest BCUT2D eigenvalue weighted by atomic mass is 16.3. The standard InChI is InChI=1S/C16H29N5O/c1-4-19(3)9-14(22)10-20-6-5-15-16(11-20)21(18-17-15)13-7-12(2)8-13/h12-14,22H,4-11H2,1-3H3. The number of hydrogen-bond donors (Lipinski definition) is 1. The molecule has 124 valence electrons. The van der Waals surface area contributed by atoms with E-state index in [1.54, 1.807) is 0 Å². The van der Waals surface area contributed by atoms with Crippen molar-refractivity contribution >= 4 is 0 Å². The van der Waals surface area contributed by atoms with Gasteiger partial charge in [-0.25, -0.2) is 4.68 Å². The summed E-state index contributed by atoms with van der Waals surface area (Å²) in [6, 6.07) is 0.544. The molecule has 0 radical (unpaired) electrons. The van der Waals surface area contributed by atoms with Gasteiger partial charge >= 0.3 is 0 Å². The molecule has 1 atom stereocenters. The van der Waals surface area contributed by atoms with Crippen molar-refractivity contribution in [3.8, 4) is 0 Å². The van der Waals surface area contributed by atoms with E-state index in [9.17, 15) is 5.11 Å². The fourth-order valence-electron chi connectivity index (χ4n) is 3.61. The number of β-amino-alcohol motifs (C(OH)–C–C–N with tert-alkyl or cyclic N) is 1. The number of aliphatic hydroxyl groups is 1. The second kappa shape index (κ2) is 6.64. The summed E-state index contributed by atoms with van der Waals surface area (Å²) >= 11 is 0. The van der Waals surface area contributed by atoms with Crippen molar-refractivity contribution in [2.45, 2.75) is 51.8 Å². The van der Waals surface area contributed by atoms with Crippen LogP contribution in [0.15, 0.2) is 0 Å². The Bertz CT molecular complexity index is 497. The van der Waals surface area contributed by atoms with Crippen LogP contribution in [0.2, 0.25) is 0 Å². The zero-order valence-corrected chi connectivity index (χ0v) is 14.1. The third-order valence-electron chi connectivity index (χ3n) is 5.14. The maximum absolute atomic E-state index is 10.3. The lowest BCUT2D eigenvalue weighted by atomic mass is 9.82. The average molecular weight is 307 g/mol. The third-order valence-corrected chi connectivity index (χ3v) is 5.14. The first-order valence-corrected chi connectivity index (χ1v) is 8.58. The van der Waals surface area contributed by atoms with E-state index in [2.05, 4.69) is 38.6 Å². The van der Waals surface area contributed by atoms with Crippen molar-refractivity contribution in [1.29, 1.82) is 0 Å². The SMILES string of the molecule is CCN(C)CC(O)CN1CCc2nnn(C3CC(C)C3)c2C1. The summed E-state index contributed by atoms with van der Waals surface area (Å²) in [7, 11) is 2.05. The van der Waals surface area contributed by atoms with Crippen LogP contribution in [-0.2, 0) is 13.0 Å². The van der Waals surface area contributed by atoms with Gasteiger partial charge in [0.05, 0.1) is 23.5 Å². The predicted molar refractivity (Wildman–Crippen MR) is 85.6 cm³/mol. The Hall–Kier alpha value is -0.980. The molecule has 0 aromatic carbocycles. The Morgan fingerprint density at radius 3 is 2.86 bits per heavy atom. The number of aliphatic hydroxyl groups excluding tert-OH is 1. The summed E-state index contributed by atoms with van der Waals surface area (Å²) in [5.74, 6) is 0.816. The van der Waals surface area contributed by atoms with Crippen LogP contribution in [0.1, 0.15) is 44.1 Å². The summed E-state index contributed by atoms with van der Waals surface area (Å²) in [6.07, 6.45) is 3.10. The summed E-state index contributed by atoms with van der Waals surface area (Å²) in [5, 5.41) is 19.0. The lowest BCUT2D eigenvalue weighted by molar-refractivity contribution is 0.0755. The number of fused-ring (bicyclic) bond motifs is 1. The highest BCUT2D eigenvalue weighted by Gasteiger charge is 2.32. The first-order valence-electron chi connectivity index (χ1n) is 8.58. The van der Waals surface area contributed by atoms with E-state index in [1.807, 2.05) is 7.05 Å². The number of likely N-dealkylation sites (N-methyl/N-ethyl adjacent to an activating group) is 1. The first-order chi connectivity index (χ1) is 10.6. The first kappa shape index (κ1) is 15.9. The second-order valence-corrected chi connectivity index (χ2v) is 7.15. The highest BCUT2D eigenvalue weighted by molar-refractivity contribution is 5.15. The van der Waals surface area contributed by atoms with Crippen LogP contribution in [0, 0.1) is 5.92 Å². The Kier molecular flexibility index (Phi) is 4.80. The van der Waals surface area contributed by atoms with Gasteiger partial charge in [0.1, 0.15) is 0 Å². The molecule has 1 aromatic rings. The molecule has 0 bridgehead atoms. The molecular weight excluding hydrogens is 278 g/mol. The number of nitrogens with zero attached hydrogens (tertiary/aromatic N) is 5. The summed E-state index contributed by atoms with van der Waals surface area (Å²) in [4.78, 5) is 4.50. The van der Waals surface area contributed by atoms with Crippen molar-refractivity contribution in [3.05, 3.63) is 11.4 Å². The molecule has 6 heteroatoms. The molecule has 22 heavy (non-hydrogen) atoms. The minimum atomic E-state index is -0.292. The molecule has 6 nitrogen and oxygen atoms in total. The van der Waals surface area contributed by atoms with Crippen molar-refractivity contribution in [3.63, 3.8) is 0 Å². The fraction of sp³-hybridized carbons (Fsp3) is 0.875. The van der Waals surface area contributed by atoms with Crippen LogP contribution in [0.4, 0.5) is 0 Å². The topological polar surface area (TPSA) is 57.4 Å². The van der Waals surface area contributed by atoms with Gasteiger partial charge in [0.15, 0.2) is 0 Å². The van der Waals surface area contributed by atoms with E-state index in [0.29, 0.717) is 6.04 Å². The molecule has 2 heterocycles. The molecular formula is C16H29N5O. The molecule has 1 aromatic heterocycles. The lowest BCUT2D eigenvalue weighted by Crippen LogP contribution is -2.42. The second-order valence-electron chi connectivity index (χ2n) is 7.15. The Labute approximate surface area is 133 Å². The van der Waals surface area contributed by atoms with E-state index < -0.39 is 0 Å². The van der Waals surface area contributed by atoms with Crippen LogP contribution >= 0.6 is 0 Å². The average Bonchev–Trinajstić information content (AvgIpc) is 2.86. The van der Waals surface area contributed by atoms with Crippen LogP contribution in [0.3, 0.4) is 0 Å². The van der Waals surface area contributed by atoms with Crippen LogP contribution in [0.25, 0.3) is 0 Å². The van der Waals surface area contributed by atoms with Gasteiger partial charge in [-0.3, -0.25) is 4.90 Å². The van der Waals surface area contributed by atoms with E-state index in [0.717, 1.165) is 50.8 Å². The van der Waals surface area contributed by atoms with Crippen molar-refractivity contribution in [2.24, 2.45) is 5.92 Å². The zero-order valence-electron chi connectivity index (χ0n) is 14.1. The van der Waals surface area contributed by atoms with Crippen LogP contribution in [0.5, 0.6) is 0 Å². The largest absolute Gasteiger partial charge is 0.390 e. The smallest absolute Gasteiger partial charge is 0.0885 e. The van der Waals surface area contributed by atoms with Crippen LogP contribution in [-0.4, -0.2) is 69.2 Å².